The third-order valence-electron chi connectivity index (χ3n) is 3.30. The van der Waals surface area contributed by atoms with Crippen molar-refractivity contribution in [1.29, 1.82) is 0 Å². The molecule has 108 valence electrons. The molecule has 0 radical (unpaired) electrons. The van der Waals surface area contributed by atoms with E-state index in [2.05, 4.69) is 5.32 Å². The zero-order valence-electron chi connectivity index (χ0n) is 12.0. The van der Waals surface area contributed by atoms with Gasteiger partial charge in [-0.1, -0.05) is 19.3 Å². The number of hydrogen-bond donors (Lipinski definition) is 3. The van der Waals surface area contributed by atoms with Crippen molar-refractivity contribution in [2.24, 2.45) is 0 Å². The minimum atomic E-state index is -0.514. The van der Waals surface area contributed by atoms with Crippen molar-refractivity contribution >= 4 is 0 Å². The van der Waals surface area contributed by atoms with Crippen LogP contribution in [0.5, 0.6) is 0 Å². The minimum Gasteiger partial charge on any atom is -0.392 e. The van der Waals surface area contributed by atoms with Gasteiger partial charge in [0.05, 0.1) is 24.4 Å². The molecule has 0 bridgehead atoms. The van der Waals surface area contributed by atoms with Gasteiger partial charge in [0.25, 0.3) is 0 Å². The summed E-state index contributed by atoms with van der Waals surface area (Å²) >= 11 is 0. The number of aliphatic hydroxyl groups excluding tert-OH is 2. The van der Waals surface area contributed by atoms with E-state index in [4.69, 9.17) is 4.74 Å². The van der Waals surface area contributed by atoms with Crippen molar-refractivity contribution in [2.75, 3.05) is 13.2 Å². The molecule has 18 heavy (non-hydrogen) atoms. The van der Waals surface area contributed by atoms with Crippen molar-refractivity contribution in [3.05, 3.63) is 0 Å². The Balaban J connectivity index is 2.22. The fraction of sp³-hybridized carbons (Fsp3) is 1.00. The highest BCUT2D eigenvalue weighted by Gasteiger charge is 2.22. The summed E-state index contributed by atoms with van der Waals surface area (Å²) in [6, 6.07) is 0.122. The second kappa shape index (κ2) is 7.43. The molecule has 0 aliphatic heterocycles. The molecule has 1 aliphatic rings. The fourth-order valence-electron chi connectivity index (χ4n) is 2.22. The van der Waals surface area contributed by atoms with E-state index in [0.29, 0.717) is 13.2 Å². The van der Waals surface area contributed by atoms with Crippen LogP contribution >= 0.6 is 0 Å². The lowest BCUT2D eigenvalue weighted by Gasteiger charge is -2.25. The summed E-state index contributed by atoms with van der Waals surface area (Å²) in [5, 5.41) is 23.0. The molecule has 4 heteroatoms. The Hall–Kier alpha value is -0.160. The van der Waals surface area contributed by atoms with E-state index < -0.39 is 6.10 Å². The monoisotopic (exact) mass is 259 g/mol. The van der Waals surface area contributed by atoms with Crippen LogP contribution in [-0.2, 0) is 4.74 Å². The van der Waals surface area contributed by atoms with Gasteiger partial charge in [-0.3, -0.25) is 0 Å². The van der Waals surface area contributed by atoms with E-state index in [9.17, 15) is 10.2 Å². The van der Waals surface area contributed by atoms with Gasteiger partial charge in [-0.05, 0) is 33.6 Å². The molecule has 0 aromatic rings. The van der Waals surface area contributed by atoms with Crippen molar-refractivity contribution in [1.82, 2.24) is 5.32 Å². The van der Waals surface area contributed by atoms with E-state index in [-0.39, 0.29) is 17.7 Å². The van der Waals surface area contributed by atoms with Crippen LogP contribution in [0.1, 0.15) is 52.9 Å². The Bertz CT molecular complexity index is 228. The molecule has 3 N–H and O–H groups in total. The van der Waals surface area contributed by atoms with E-state index >= 15 is 0 Å². The first-order chi connectivity index (χ1) is 8.38. The largest absolute Gasteiger partial charge is 0.392 e. The standard InChI is InChI=1S/C14H29NO3/c1-14(2,3)18-10-11(16)9-15-12-7-5-4-6-8-13(12)17/h11-13,15-17H,4-10H2,1-3H3. The van der Waals surface area contributed by atoms with E-state index in [1.807, 2.05) is 20.8 Å². The Morgan fingerprint density at radius 3 is 2.56 bits per heavy atom. The van der Waals surface area contributed by atoms with Crippen LogP contribution < -0.4 is 5.32 Å². The highest BCUT2D eigenvalue weighted by Crippen LogP contribution is 2.18. The van der Waals surface area contributed by atoms with Gasteiger partial charge >= 0.3 is 0 Å². The van der Waals surface area contributed by atoms with Gasteiger partial charge in [0.1, 0.15) is 0 Å². The Labute approximate surface area is 111 Å². The lowest BCUT2D eigenvalue weighted by molar-refractivity contribution is -0.0493. The first-order valence-corrected chi connectivity index (χ1v) is 7.12. The summed E-state index contributed by atoms with van der Waals surface area (Å²) < 4.78 is 5.53. The Morgan fingerprint density at radius 1 is 1.22 bits per heavy atom. The SMILES string of the molecule is CC(C)(C)OCC(O)CNC1CCCCCC1O. The number of aliphatic hydroxyl groups is 2. The van der Waals surface area contributed by atoms with Crippen molar-refractivity contribution in [3.8, 4) is 0 Å². The molecule has 3 atom stereocenters. The minimum absolute atomic E-state index is 0.122. The van der Waals surface area contributed by atoms with Crippen LogP contribution in [0.3, 0.4) is 0 Å². The highest BCUT2D eigenvalue weighted by molar-refractivity contribution is 4.80. The Kier molecular flexibility index (Phi) is 6.57. The van der Waals surface area contributed by atoms with Gasteiger partial charge in [-0.15, -0.1) is 0 Å². The molecule has 0 spiro atoms. The molecule has 0 amide bonds. The summed E-state index contributed by atoms with van der Waals surface area (Å²) in [5.74, 6) is 0. The third kappa shape index (κ3) is 6.69. The maximum Gasteiger partial charge on any atom is 0.0898 e. The topological polar surface area (TPSA) is 61.7 Å². The van der Waals surface area contributed by atoms with Gasteiger partial charge in [-0.2, -0.15) is 0 Å². The second-order valence-corrected chi connectivity index (χ2v) is 6.30. The van der Waals surface area contributed by atoms with E-state index in [0.717, 1.165) is 25.7 Å². The molecule has 1 aliphatic carbocycles. The normalized spacial score (nSPS) is 27.8. The summed E-state index contributed by atoms with van der Waals surface area (Å²) in [6.07, 6.45) is 4.53. The van der Waals surface area contributed by atoms with Gasteiger partial charge in [0.2, 0.25) is 0 Å². The molecular weight excluding hydrogens is 230 g/mol. The van der Waals surface area contributed by atoms with Crippen LogP contribution in [0.25, 0.3) is 0 Å². The molecule has 0 heterocycles. The Morgan fingerprint density at radius 2 is 1.89 bits per heavy atom. The third-order valence-corrected chi connectivity index (χ3v) is 3.30. The highest BCUT2D eigenvalue weighted by atomic mass is 16.5. The maximum absolute atomic E-state index is 9.95. The molecule has 0 aromatic carbocycles. The first-order valence-electron chi connectivity index (χ1n) is 7.12. The summed E-state index contributed by atoms with van der Waals surface area (Å²) in [7, 11) is 0. The van der Waals surface area contributed by atoms with Crippen LogP contribution in [0.15, 0.2) is 0 Å². The number of ether oxygens (including phenoxy) is 1. The van der Waals surface area contributed by atoms with Crippen LogP contribution in [0.2, 0.25) is 0 Å². The lowest BCUT2D eigenvalue weighted by atomic mass is 10.1. The van der Waals surface area contributed by atoms with E-state index in [1.165, 1.54) is 6.42 Å². The number of rotatable bonds is 5. The quantitative estimate of drug-likeness (QED) is 0.654. The summed E-state index contributed by atoms with van der Waals surface area (Å²) in [5.41, 5.74) is -0.219. The lowest BCUT2D eigenvalue weighted by Crippen LogP contribution is -2.44. The van der Waals surface area contributed by atoms with E-state index in [1.54, 1.807) is 0 Å². The van der Waals surface area contributed by atoms with Crippen molar-refractivity contribution < 1.29 is 14.9 Å². The molecular formula is C14H29NO3. The zero-order valence-corrected chi connectivity index (χ0v) is 12.0. The van der Waals surface area contributed by atoms with Gasteiger partial charge < -0.3 is 20.3 Å². The van der Waals surface area contributed by atoms with Crippen LogP contribution in [-0.4, -0.2) is 47.2 Å². The molecule has 0 aromatic heterocycles. The van der Waals surface area contributed by atoms with Crippen molar-refractivity contribution in [2.45, 2.75) is 76.7 Å². The molecule has 4 nitrogen and oxygen atoms in total. The predicted octanol–water partition coefficient (Wildman–Crippen LogP) is 1.45. The van der Waals surface area contributed by atoms with Crippen molar-refractivity contribution in [3.63, 3.8) is 0 Å². The maximum atomic E-state index is 9.95. The molecule has 1 fully saturated rings. The number of nitrogens with one attached hydrogen (secondary N) is 1. The average Bonchev–Trinajstić information content (AvgIpc) is 2.48. The summed E-state index contributed by atoms with van der Waals surface area (Å²) in [6.45, 7) is 6.74. The molecule has 1 saturated carbocycles. The second-order valence-electron chi connectivity index (χ2n) is 6.30. The fourth-order valence-corrected chi connectivity index (χ4v) is 2.22. The van der Waals surface area contributed by atoms with Crippen LogP contribution in [0.4, 0.5) is 0 Å². The zero-order chi connectivity index (χ0) is 13.6. The summed E-state index contributed by atoms with van der Waals surface area (Å²) in [4.78, 5) is 0. The van der Waals surface area contributed by atoms with Gasteiger partial charge in [0.15, 0.2) is 0 Å². The molecule has 3 unspecified atom stereocenters. The smallest absolute Gasteiger partial charge is 0.0898 e. The van der Waals surface area contributed by atoms with Crippen LogP contribution in [0, 0.1) is 0 Å². The molecule has 0 saturated heterocycles. The van der Waals surface area contributed by atoms with Gasteiger partial charge in [-0.25, -0.2) is 0 Å². The number of hydrogen-bond acceptors (Lipinski definition) is 4. The average molecular weight is 259 g/mol. The first kappa shape index (κ1) is 15.9. The predicted molar refractivity (Wildman–Crippen MR) is 72.6 cm³/mol. The van der Waals surface area contributed by atoms with Gasteiger partial charge in [0, 0.05) is 12.6 Å². The molecule has 1 rings (SSSR count).